The Hall–Kier alpha value is -4.58. The SMILES string of the molecule is C1=C[C-]2C(=C[CH-]1)N1C=CN3CCC(CCN4C=CN(c5ccccc5)C4)CCC(=C2N2C=CN(c4ccccc4)C2)C31. The topological polar surface area (TPSA) is 19.4 Å². The molecule has 0 bridgehead atoms. The van der Waals surface area contributed by atoms with Crippen molar-refractivity contribution < 1.29 is 0 Å². The summed E-state index contributed by atoms with van der Waals surface area (Å²) in [6, 6.07) is 21.4. The van der Waals surface area contributed by atoms with Gasteiger partial charge < -0.3 is 29.4 Å². The second-order valence-electron chi connectivity index (χ2n) is 12.0. The van der Waals surface area contributed by atoms with Gasteiger partial charge >= 0.3 is 0 Å². The first-order chi connectivity index (χ1) is 20.8. The van der Waals surface area contributed by atoms with Gasteiger partial charge in [-0.3, -0.25) is 12.5 Å². The third-order valence-corrected chi connectivity index (χ3v) is 9.48. The van der Waals surface area contributed by atoms with E-state index in [1.807, 2.05) is 0 Å². The highest BCUT2D eigenvalue weighted by atomic mass is 15.4. The van der Waals surface area contributed by atoms with Gasteiger partial charge in [0.25, 0.3) is 0 Å². The van der Waals surface area contributed by atoms with Crippen molar-refractivity contribution in [3.8, 4) is 0 Å². The number of fused-ring (bicyclic) bond motifs is 2. The third-order valence-electron chi connectivity index (χ3n) is 9.48. The number of benzene rings is 2. The molecule has 5 heterocycles. The lowest BCUT2D eigenvalue weighted by atomic mass is 9.81. The number of nitrogens with zero attached hydrogens (tertiary/aromatic N) is 6. The summed E-state index contributed by atoms with van der Waals surface area (Å²) in [4.78, 5) is 14.8. The Kier molecular flexibility index (Phi) is 6.39. The fourth-order valence-corrected chi connectivity index (χ4v) is 7.26. The van der Waals surface area contributed by atoms with Crippen LogP contribution in [-0.4, -0.2) is 52.2 Å². The first kappa shape index (κ1) is 25.2. The van der Waals surface area contributed by atoms with E-state index in [0.717, 1.165) is 32.8 Å². The molecule has 0 saturated carbocycles. The van der Waals surface area contributed by atoms with E-state index >= 15 is 0 Å². The van der Waals surface area contributed by atoms with Crippen molar-refractivity contribution in [2.45, 2.75) is 31.8 Å². The predicted octanol–water partition coefficient (Wildman–Crippen LogP) is 6.59. The van der Waals surface area contributed by atoms with Crippen LogP contribution in [0.25, 0.3) is 0 Å². The molecule has 6 heteroatoms. The Morgan fingerprint density at radius 3 is 2.31 bits per heavy atom. The maximum Gasteiger partial charge on any atom is 0.0972 e. The van der Waals surface area contributed by atoms with E-state index in [9.17, 15) is 0 Å². The second-order valence-corrected chi connectivity index (χ2v) is 12.0. The average Bonchev–Trinajstić information content (AvgIpc) is 3.81. The summed E-state index contributed by atoms with van der Waals surface area (Å²) >= 11 is 0. The molecule has 214 valence electrons. The molecule has 1 fully saturated rings. The summed E-state index contributed by atoms with van der Waals surface area (Å²) in [6.07, 6.45) is 27.7. The van der Waals surface area contributed by atoms with Crippen molar-refractivity contribution in [2.75, 3.05) is 36.2 Å². The maximum absolute atomic E-state index is 2.60. The van der Waals surface area contributed by atoms with Crippen LogP contribution >= 0.6 is 0 Å². The lowest BCUT2D eigenvalue weighted by Gasteiger charge is -2.56. The van der Waals surface area contributed by atoms with E-state index in [0.29, 0.717) is 5.92 Å². The van der Waals surface area contributed by atoms with Crippen LogP contribution in [0.1, 0.15) is 25.7 Å². The molecule has 2 aromatic carbocycles. The monoisotopic (exact) mass is 554 g/mol. The molecule has 6 aliphatic rings. The van der Waals surface area contributed by atoms with Crippen molar-refractivity contribution in [1.29, 1.82) is 0 Å². The van der Waals surface area contributed by atoms with Gasteiger partial charge in [0.2, 0.25) is 0 Å². The van der Waals surface area contributed by atoms with Crippen LogP contribution in [-0.2, 0) is 0 Å². The van der Waals surface area contributed by atoms with Gasteiger partial charge in [-0.1, -0.05) is 60.5 Å². The highest BCUT2D eigenvalue weighted by Gasteiger charge is 2.37. The van der Waals surface area contributed by atoms with Gasteiger partial charge in [-0.15, -0.1) is 5.70 Å². The fraction of sp³-hybridized carbons (Fsp3) is 0.278. The minimum Gasteiger partial charge on any atom is -0.401 e. The molecule has 1 saturated heterocycles. The van der Waals surface area contributed by atoms with E-state index in [4.69, 9.17) is 0 Å². The van der Waals surface area contributed by atoms with Crippen molar-refractivity contribution in [2.24, 2.45) is 5.92 Å². The molecule has 0 spiro atoms. The van der Waals surface area contributed by atoms with Gasteiger partial charge in [0.1, 0.15) is 0 Å². The zero-order valence-electron chi connectivity index (χ0n) is 24.0. The normalized spacial score (nSPS) is 24.3. The number of anilines is 2. The highest BCUT2D eigenvalue weighted by Crippen LogP contribution is 2.48. The summed E-state index contributed by atoms with van der Waals surface area (Å²) in [7, 11) is 0. The molecule has 2 atom stereocenters. The molecule has 5 aliphatic heterocycles. The molecule has 2 unspecified atom stereocenters. The fourth-order valence-electron chi connectivity index (χ4n) is 7.26. The van der Waals surface area contributed by atoms with Crippen molar-refractivity contribution >= 4 is 11.4 Å². The molecule has 0 aromatic heterocycles. The quantitative estimate of drug-likeness (QED) is 0.373. The number of hydrogen-bond donors (Lipinski definition) is 0. The van der Waals surface area contributed by atoms with Crippen LogP contribution in [0, 0.1) is 18.3 Å². The van der Waals surface area contributed by atoms with Gasteiger partial charge in [0.05, 0.1) is 19.5 Å². The Morgan fingerprint density at radius 1 is 0.762 bits per heavy atom. The molecular weight excluding hydrogens is 516 g/mol. The molecule has 42 heavy (non-hydrogen) atoms. The Bertz CT molecular complexity index is 1470. The van der Waals surface area contributed by atoms with Gasteiger partial charge in [0.15, 0.2) is 0 Å². The summed E-state index contributed by atoms with van der Waals surface area (Å²) in [5.41, 5.74) is 6.76. The van der Waals surface area contributed by atoms with E-state index in [2.05, 4.69) is 152 Å². The van der Waals surface area contributed by atoms with Gasteiger partial charge in [-0.25, -0.2) is 12.2 Å². The largest absolute Gasteiger partial charge is 0.401 e. The minimum absolute atomic E-state index is 0.274. The predicted molar refractivity (Wildman–Crippen MR) is 170 cm³/mol. The van der Waals surface area contributed by atoms with Crippen LogP contribution in [0.5, 0.6) is 0 Å². The van der Waals surface area contributed by atoms with E-state index < -0.39 is 0 Å². The zero-order valence-corrected chi connectivity index (χ0v) is 24.0. The van der Waals surface area contributed by atoms with Crippen LogP contribution in [0.2, 0.25) is 0 Å². The van der Waals surface area contributed by atoms with E-state index in [1.54, 1.807) is 5.57 Å². The second kappa shape index (κ2) is 10.7. The zero-order chi connectivity index (χ0) is 27.9. The molecule has 0 radical (unpaired) electrons. The summed E-state index contributed by atoms with van der Waals surface area (Å²) in [5, 5.41) is 0. The summed E-state index contributed by atoms with van der Waals surface area (Å²) in [5.74, 6) is 2.04. The average molecular weight is 555 g/mol. The maximum atomic E-state index is 2.60. The molecule has 1 aliphatic carbocycles. The first-order valence-electron chi connectivity index (χ1n) is 15.4. The van der Waals surface area contributed by atoms with Crippen LogP contribution < -0.4 is 9.80 Å². The van der Waals surface area contributed by atoms with Crippen molar-refractivity contribution in [3.63, 3.8) is 0 Å². The van der Waals surface area contributed by atoms with Crippen LogP contribution in [0.3, 0.4) is 0 Å². The molecule has 6 nitrogen and oxygen atoms in total. The Balaban J connectivity index is 1.02. The lowest BCUT2D eigenvalue weighted by Crippen LogP contribution is -2.48. The minimum atomic E-state index is 0.274. The van der Waals surface area contributed by atoms with Gasteiger partial charge in [0, 0.05) is 61.7 Å². The molecule has 0 amide bonds. The molecule has 8 rings (SSSR count). The highest BCUT2D eigenvalue weighted by molar-refractivity contribution is 5.60. The van der Waals surface area contributed by atoms with Gasteiger partial charge in [-0.2, -0.15) is 5.92 Å². The Morgan fingerprint density at radius 2 is 1.50 bits per heavy atom. The van der Waals surface area contributed by atoms with Crippen molar-refractivity contribution in [3.05, 3.63) is 145 Å². The standard InChI is InChI=1S/C36H38N6/c1-3-9-30(10-4-1)39-22-21-37(27-39)19-17-29-15-16-33-35(41-24-23-40(28-41)31-11-5-2-6-12-31)32-13-7-8-14-34(32)42-26-25-38(20-18-29)36(33)42/h1-14,21-26,29,36H,15-20,27-28H2/q-2. The van der Waals surface area contributed by atoms with Crippen LogP contribution in [0.4, 0.5) is 11.4 Å². The third kappa shape index (κ3) is 4.51. The van der Waals surface area contributed by atoms with Crippen molar-refractivity contribution in [1.82, 2.24) is 19.6 Å². The number of rotatable bonds is 6. The molecule has 2 aromatic rings. The van der Waals surface area contributed by atoms with E-state index in [-0.39, 0.29) is 6.17 Å². The number of allylic oxidation sites excluding steroid dienone is 2. The Labute approximate surface area is 250 Å². The van der Waals surface area contributed by atoms with E-state index in [1.165, 1.54) is 47.9 Å². The lowest BCUT2D eigenvalue weighted by molar-refractivity contribution is 0.167. The van der Waals surface area contributed by atoms with Gasteiger partial charge in [-0.05, 0) is 43.0 Å². The molecular formula is C36H38N6-2. The number of para-hydroxylation sites is 2. The van der Waals surface area contributed by atoms with Crippen LogP contribution in [0.15, 0.2) is 133 Å². The molecule has 0 N–H and O–H groups in total. The first-order valence-corrected chi connectivity index (χ1v) is 15.4. The summed E-state index contributed by atoms with van der Waals surface area (Å²) in [6.45, 7) is 3.97. The smallest absolute Gasteiger partial charge is 0.0972 e. The number of hydrogen-bond acceptors (Lipinski definition) is 6. The summed E-state index contributed by atoms with van der Waals surface area (Å²) < 4.78 is 0.